The fourth-order valence-electron chi connectivity index (χ4n) is 4.10. The van der Waals surface area contributed by atoms with Gasteiger partial charge in [-0.05, 0) is 32.0 Å². The number of halogens is 1. The summed E-state index contributed by atoms with van der Waals surface area (Å²) in [5, 5.41) is 9.25. The molecule has 0 aromatic heterocycles. The van der Waals surface area contributed by atoms with Crippen LogP contribution in [-0.4, -0.2) is 34.1 Å². The van der Waals surface area contributed by atoms with Crippen molar-refractivity contribution in [2.45, 2.75) is 25.0 Å². The van der Waals surface area contributed by atoms with Crippen molar-refractivity contribution >= 4 is 35.1 Å². The van der Waals surface area contributed by atoms with E-state index in [9.17, 15) is 19.5 Å². The normalized spacial score (nSPS) is 36.5. The minimum atomic E-state index is -1.22. The molecule has 3 aliphatic rings. The van der Waals surface area contributed by atoms with E-state index in [0.29, 0.717) is 0 Å². The average Bonchev–Trinajstić information content (AvgIpc) is 3.04. The van der Waals surface area contributed by atoms with Gasteiger partial charge in [0.1, 0.15) is 0 Å². The van der Waals surface area contributed by atoms with Crippen LogP contribution in [0, 0.1) is 11.8 Å². The third-order valence-electron chi connectivity index (χ3n) is 5.16. The van der Waals surface area contributed by atoms with E-state index in [0.717, 1.165) is 4.90 Å². The number of anilines is 1. The first-order valence-electron chi connectivity index (χ1n) is 7.49. The van der Waals surface area contributed by atoms with Crippen molar-refractivity contribution < 1.29 is 24.2 Å². The molecule has 4 atom stereocenters. The first-order valence-corrected chi connectivity index (χ1v) is 7.87. The fraction of sp³-hybridized carbons (Fsp3) is 0.353. The quantitative estimate of drug-likeness (QED) is 0.655. The maximum absolute atomic E-state index is 12.9. The second-order valence-corrected chi connectivity index (χ2v) is 7.15. The Morgan fingerprint density at radius 2 is 1.71 bits per heavy atom. The average molecular weight is 348 g/mol. The molecule has 2 amide bonds. The van der Waals surface area contributed by atoms with Gasteiger partial charge in [0.25, 0.3) is 0 Å². The number of carboxylic acid groups (broad SMARTS) is 1. The molecular weight excluding hydrogens is 334 g/mol. The van der Waals surface area contributed by atoms with E-state index in [4.69, 9.17) is 16.3 Å². The molecule has 4 rings (SSSR count). The van der Waals surface area contributed by atoms with E-state index in [-0.39, 0.29) is 28.1 Å². The van der Waals surface area contributed by atoms with Crippen molar-refractivity contribution in [3.63, 3.8) is 0 Å². The maximum atomic E-state index is 12.9. The molecule has 6 nitrogen and oxygen atoms in total. The number of hydrogen-bond donors (Lipinski definition) is 1. The monoisotopic (exact) mass is 347 g/mol. The van der Waals surface area contributed by atoms with Crippen molar-refractivity contribution in [3.8, 4) is 0 Å². The third kappa shape index (κ3) is 1.72. The summed E-state index contributed by atoms with van der Waals surface area (Å²) >= 11 is 5.87. The number of aromatic carboxylic acids is 1. The Bertz CT molecular complexity index is 813. The van der Waals surface area contributed by atoms with Gasteiger partial charge < -0.3 is 9.84 Å². The van der Waals surface area contributed by atoms with Gasteiger partial charge in [-0.2, -0.15) is 0 Å². The molecule has 0 radical (unpaired) electrons. The van der Waals surface area contributed by atoms with Crippen molar-refractivity contribution in [1.82, 2.24) is 0 Å². The van der Waals surface area contributed by atoms with Gasteiger partial charge in [0.2, 0.25) is 11.8 Å². The number of fused-ring (bicyclic) bond motifs is 5. The number of benzene rings is 1. The number of carbonyl (C=O) groups excluding carboxylic acids is 2. The van der Waals surface area contributed by atoms with Crippen molar-refractivity contribution in [2.75, 3.05) is 4.90 Å². The van der Waals surface area contributed by atoms with Crippen LogP contribution in [0.2, 0.25) is 5.02 Å². The van der Waals surface area contributed by atoms with Crippen molar-refractivity contribution in [1.29, 1.82) is 0 Å². The molecule has 0 spiro atoms. The molecule has 0 saturated carbocycles. The lowest BCUT2D eigenvalue weighted by atomic mass is 9.73. The number of carboxylic acids is 1. The van der Waals surface area contributed by atoms with Gasteiger partial charge in [0.15, 0.2) is 0 Å². The van der Waals surface area contributed by atoms with Crippen LogP contribution in [0.15, 0.2) is 30.4 Å². The molecular formula is C17H14ClNO5. The minimum Gasteiger partial charge on any atom is -0.478 e. The van der Waals surface area contributed by atoms with Crippen molar-refractivity contribution in [2.24, 2.45) is 11.8 Å². The summed E-state index contributed by atoms with van der Waals surface area (Å²) in [4.78, 5) is 38.1. The van der Waals surface area contributed by atoms with Crippen LogP contribution in [0.3, 0.4) is 0 Å². The van der Waals surface area contributed by atoms with E-state index >= 15 is 0 Å². The van der Waals surface area contributed by atoms with E-state index in [1.807, 2.05) is 12.2 Å². The Hall–Kier alpha value is -2.18. The van der Waals surface area contributed by atoms with E-state index in [1.54, 1.807) is 13.8 Å². The molecule has 1 aromatic rings. The molecule has 4 unspecified atom stereocenters. The SMILES string of the molecule is CC12C=CC(C)(O1)C1C(=O)N(c3ccc(Cl)c(C(=O)O)c3)C(=O)C12. The van der Waals surface area contributed by atoms with Gasteiger partial charge in [-0.25, -0.2) is 9.69 Å². The molecule has 1 aromatic carbocycles. The Morgan fingerprint density at radius 1 is 1.17 bits per heavy atom. The lowest BCUT2D eigenvalue weighted by molar-refractivity contribution is -0.128. The smallest absolute Gasteiger partial charge is 0.337 e. The first kappa shape index (κ1) is 15.4. The summed E-state index contributed by atoms with van der Waals surface area (Å²) in [6, 6.07) is 4.11. The Labute approximate surface area is 142 Å². The molecule has 0 aliphatic carbocycles. The topological polar surface area (TPSA) is 83.9 Å². The van der Waals surface area contributed by atoms with Crippen LogP contribution in [0.4, 0.5) is 5.69 Å². The highest BCUT2D eigenvalue weighted by molar-refractivity contribution is 6.34. The van der Waals surface area contributed by atoms with Gasteiger partial charge in [-0.15, -0.1) is 0 Å². The highest BCUT2D eigenvalue weighted by Gasteiger charge is 2.70. The summed E-state index contributed by atoms with van der Waals surface area (Å²) in [6.07, 6.45) is 3.65. The molecule has 3 heterocycles. The summed E-state index contributed by atoms with van der Waals surface area (Å²) in [5.41, 5.74) is -1.57. The second-order valence-electron chi connectivity index (χ2n) is 6.74. The Balaban J connectivity index is 1.80. The standard InChI is InChI=1S/C17H14ClNO5/c1-16-5-6-17(2,24-16)12-11(16)13(20)19(14(12)21)8-3-4-10(18)9(7-8)15(22)23/h3-7,11-12H,1-2H3,(H,22,23). The minimum absolute atomic E-state index is 0.0505. The van der Waals surface area contributed by atoms with Gasteiger partial charge in [-0.3, -0.25) is 9.59 Å². The number of imide groups is 1. The van der Waals surface area contributed by atoms with E-state index in [1.165, 1.54) is 18.2 Å². The fourth-order valence-corrected chi connectivity index (χ4v) is 4.30. The first-order chi connectivity index (χ1) is 11.2. The zero-order chi connectivity index (χ0) is 17.4. The maximum Gasteiger partial charge on any atom is 0.337 e. The number of ether oxygens (including phenoxy) is 1. The molecule has 24 heavy (non-hydrogen) atoms. The van der Waals surface area contributed by atoms with Crippen LogP contribution in [0.5, 0.6) is 0 Å². The zero-order valence-corrected chi connectivity index (χ0v) is 13.7. The van der Waals surface area contributed by atoms with Gasteiger partial charge in [-0.1, -0.05) is 23.8 Å². The van der Waals surface area contributed by atoms with Crippen LogP contribution in [0.1, 0.15) is 24.2 Å². The summed E-state index contributed by atoms with van der Waals surface area (Å²) < 4.78 is 5.93. The van der Waals surface area contributed by atoms with Gasteiger partial charge >= 0.3 is 5.97 Å². The number of hydrogen-bond acceptors (Lipinski definition) is 4. The van der Waals surface area contributed by atoms with Crippen molar-refractivity contribution in [3.05, 3.63) is 40.9 Å². The molecule has 2 saturated heterocycles. The number of carbonyl (C=O) groups is 3. The molecule has 7 heteroatoms. The van der Waals surface area contributed by atoms with Crippen LogP contribution in [0.25, 0.3) is 0 Å². The summed E-state index contributed by atoms with van der Waals surface area (Å²) in [5.74, 6) is -3.18. The largest absolute Gasteiger partial charge is 0.478 e. The zero-order valence-electron chi connectivity index (χ0n) is 12.9. The Morgan fingerprint density at radius 3 is 2.21 bits per heavy atom. The predicted molar refractivity (Wildman–Crippen MR) is 84.9 cm³/mol. The predicted octanol–water partition coefficient (Wildman–Crippen LogP) is 2.26. The van der Waals surface area contributed by atoms with Crippen LogP contribution >= 0.6 is 11.6 Å². The van der Waals surface area contributed by atoms with Gasteiger partial charge in [0, 0.05) is 0 Å². The summed E-state index contributed by atoms with van der Waals surface area (Å²) in [7, 11) is 0. The van der Waals surface area contributed by atoms with Crippen LogP contribution < -0.4 is 4.90 Å². The molecule has 3 aliphatic heterocycles. The highest BCUT2D eigenvalue weighted by Crippen LogP contribution is 2.57. The molecule has 2 fully saturated rings. The van der Waals surface area contributed by atoms with E-state index < -0.39 is 29.0 Å². The highest BCUT2D eigenvalue weighted by atomic mass is 35.5. The Kier molecular flexibility index (Phi) is 2.85. The second kappa shape index (κ2) is 4.46. The lowest BCUT2D eigenvalue weighted by Gasteiger charge is -2.25. The molecule has 2 bridgehead atoms. The lowest BCUT2D eigenvalue weighted by Crippen LogP contribution is -2.39. The molecule has 1 N–H and O–H groups in total. The summed E-state index contributed by atoms with van der Waals surface area (Å²) in [6.45, 7) is 3.58. The van der Waals surface area contributed by atoms with E-state index in [2.05, 4.69) is 0 Å². The number of rotatable bonds is 2. The third-order valence-corrected chi connectivity index (χ3v) is 5.49. The number of nitrogens with zero attached hydrogens (tertiary/aromatic N) is 1. The number of amides is 2. The van der Waals surface area contributed by atoms with Crippen LogP contribution in [-0.2, 0) is 14.3 Å². The van der Waals surface area contributed by atoms with Gasteiger partial charge in [0.05, 0.1) is 39.3 Å². The molecule has 124 valence electrons.